The number of nitrogens with one attached hydrogen (secondary N) is 1. The molecule has 0 unspecified atom stereocenters. The summed E-state index contributed by atoms with van der Waals surface area (Å²) in [6.45, 7) is 0.184. The summed E-state index contributed by atoms with van der Waals surface area (Å²) in [5.41, 5.74) is 1.12. The van der Waals surface area contributed by atoms with Crippen molar-refractivity contribution in [2.24, 2.45) is 0 Å². The smallest absolute Gasteiger partial charge is 0.348 e. The van der Waals surface area contributed by atoms with Crippen LogP contribution in [0.2, 0.25) is 0 Å². The molecule has 6 nitrogen and oxygen atoms in total. The molecule has 0 atom stereocenters. The first kappa shape index (κ1) is 11.8. The Hall–Kier alpha value is -2.28. The average Bonchev–Trinajstić information content (AvgIpc) is 3.04. The number of rotatable bonds is 3. The maximum absolute atomic E-state index is 11.2. The number of hydrogen-bond donors (Lipinski definition) is 2. The monoisotopic (exact) mass is 278 g/mol. The molecule has 1 aromatic carbocycles. The lowest BCUT2D eigenvalue weighted by atomic mass is 10.1. The molecule has 0 amide bonds. The average molecular weight is 278 g/mol. The first-order chi connectivity index (χ1) is 9.19. The number of hydrogen-bond acceptors (Lipinski definition) is 6. The van der Waals surface area contributed by atoms with Crippen molar-refractivity contribution < 1.29 is 19.4 Å². The Morgan fingerprint density at radius 1 is 1.42 bits per heavy atom. The molecule has 3 rings (SSSR count). The zero-order valence-electron chi connectivity index (χ0n) is 9.97. The maximum atomic E-state index is 11.2. The van der Waals surface area contributed by atoms with E-state index in [1.807, 2.05) is 0 Å². The lowest BCUT2D eigenvalue weighted by Crippen LogP contribution is -1.95. The quantitative estimate of drug-likeness (QED) is 0.896. The third-order valence-corrected chi connectivity index (χ3v) is 3.74. The van der Waals surface area contributed by atoms with Gasteiger partial charge in [0.25, 0.3) is 0 Å². The molecule has 0 bridgehead atoms. The van der Waals surface area contributed by atoms with Gasteiger partial charge in [-0.15, -0.1) is 0 Å². The van der Waals surface area contributed by atoms with Gasteiger partial charge < -0.3 is 19.9 Å². The highest BCUT2D eigenvalue weighted by Gasteiger charge is 2.21. The molecular weight excluding hydrogens is 268 g/mol. The number of benzene rings is 1. The van der Waals surface area contributed by atoms with Gasteiger partial charge in [-0.3, -0.25) is 0 Å². The van der Waals surface area contributed by atoms with Gasteiger partial charge in [-0.1, -0.05) is 11.3 Å². The van der Waals surface area contributed by atoms with Crippen molar-refractivity contribution in [3.05, 3.63) is 23.1 Å². The van der Waals surface area contributed by atoms with Crippen LogP contribution in [0.15, 0.2) is 18.2 Å². The summed E-state index contributed by atoms with van der Waals surface area (Å²) < 4.78 is 10.5. The summed E-state index contributed by atoms with van der Waals surface area (Å²) in [4.78, 5) is 15.7. The van der Waals surface area contributed by atoms with Gasteiger partial charge in [0.05, 0.1) is 5.69 Å². The van der Waals surface area contributed by atoms with E-state index in [1.54, 1.807) is 25.2 Å². The number of ether oxygens (including phenoxy) is 2. The van der Waals surface area contributed by atoms with Crippen LogP contribution < -0.4 is 14.8 Å². The number of aromatic carboxylic acids is 1. The Morgan fingerprint density at radius 2 is 2.21 bits per heavy atom. The molecule has 0 radical (unpaired) electrons. The molecule has 7 heteroatoms. The van der Waals surface area contributed by atoms with Gasteiger partial charge >= 0.3 is 5.97 Å². The molecule has 2 heterocycles. The minimum atomic E-state index is -0.994. The maximum Gasteiger partial charge on any atom is 0.348 e. The van der Waals surface area contributed by atoms with E-state index in [-0.39, 0.29) is 11.7 Å². The molecule has 0 saturated heterocycles. The van der Waals surface area contributed by atoms with Crippen LogP contribution in [0.1, 0.15) is 9.67 Å². The van der Waals surface area contributed by atoms with Gasteiger partial charge in [-0.25, -0.2) is 9.78 Å². The van der Waals surface area contributed by atoms with E-state index in [0.717, 1.165) is 11.3 Å². The van der Waals surface area contributed by atoms with Gasteiger partial charge in [0.15, 0.2) is 16.6 Å². The number of carboxylic acid groups (broad SMARTS) is 1. The molecule has 2 N–H and O–H groups in total. The number of thiazole rings is 1. The van der Waals surface area contributed by atoms with Crippen LogP contribution in [0.3, 0.4) is 0 Å². The summed E-state index contributed by atoms with van der Waals surface area (Å²) in [5.74, 6) is 0.268. The van der Waals surface area contributed by atoms with Crippen LogP contribution >= 0.6 is 11.3 Å². The van der Waals surface area contributed by atoms with E-state index in [4.69, 9.17) is 9.47 Å². The zero-order valence-corrected chi connectivity index (χ0v) is 10.8. The number of anilines is 1. The van der Waals surface area contributed by atoms with E-state index in [2.05, 4.69) is 10.3 Å². The van der Waals surface area contributed by atoms with Gasteiger partial charge in [0.1, 0.15) is 4.88 Å². The van der Waals surface area contributed by atoms with E-state index >= 15 is 0 Å². The molecule has 1 aliphatic rings. The van der Waals surface area contributed by atoms with Crippen molar-refractivity contribution in [2.45, 2.75) is 0 Å². The van der Waals surface area contributed by atoms with Crippen molar-refractivity contribution in [1.29, 1.82) is 0 Å². The second kappa shape index (κ2) is 4.43. The molecule has 1 aromatic heterocycles. The van der Waals surface area contributed by atoms with Crippen molar-refractivity contribution in [3.8, 4) is 22.8 Å². The minimum Gasteiger partial charge on any atom is -0.477 e. The van der Waals surface area contributed by atoms with Gasteiger partial charge in [0, 0.05) is 12.6 Å². The molecular formula is C12H10N2O4S. The fourth-order valence-electron chi connectivity index (χ4n) is 1.81. The van der Waals surface area contributed by atoms with Crippen LogP contribution in [-0.4, -0.2) is 29.9 Å². The molecule has 1 aliphatic heterocycles. The fraction of sp³-hybridized carbons (Fsp3) is 0.167. The lowest BCUT2D eigenvalue weighted by molar-refractivity contribution is 0.0702. The third kappa shape index (κ3) is 1.97. The Kier molecular flexibility index (Phi) is 2.75. The number of fused-ring (bicyclic) bond motifs is 1. The van der Waals surface area contributed by atoms with Gasteiger partial charge in [-0.2, -0.15) is 0 Å². The van der Waals surface area contributed by atoms with Crippen LogP contribution in [0, 0.1) is 0 Å². The highest BCUT2D eigenvalue weighted by Crippen LogP contribution is 2.38. The second-order valence-corrected chi connectivity index (χ2v) is 4.82. The van der Waals surface area contributed by atoms with Crippen LogP contribution in [0.5, 0.6) is 11.5 Å². The van der Waals surface area contributed by atoms with Crippen LogP contribution in [0.4, 0.5) is 5.13 Å². The summed E-state index contributed by atoms with van der Waals surface area (Å²) >= 11 is 1.10. The van der Waals surface area contributed by atoms with Crippen LogP contribution in [-0.2, 0) is 0 Å². The summed E-state index contributed by atoms with van der Waals surface area (Å²) in [7, 11) is 1.70. The highest BCUT2D eigenvalue weighted by molar-refractivity contribution is 7.17. The summed E-state index contributed by atoms with van der Waals surface area (Å²) in [6, 6.07) is 5.26. The molecule has 19 heavy (non-hydrogen) atoms. The topological polar surface area (TPSA) is 80.7 Å². The normalized spacial score (nSPS) is 12.5. The zero-order chi connectivity index (χ0) is 13.4. The van der Waals surface area contributed by atoms with Crippen molar-refractivity contribution in [3.63, 3.8) is 0 Å². The number of nitrogens with zero attached hydrogens (tertiary/aromatic N) is 1. The minimum absolute atomic E-state index is 0.184. The van der Waals surface area contributed by atoms with E-state index < -0.39 is 5.97 Å². The molecule has 0 aliphatic carbocycles. The van der Waals surface area contributed by atoms with Gasteiger partial charge in [0.2, 0.25) is 6.79 Å². The Bertz CT molecular complexity index is 653. The highest BCUT2D eigenvalue weighted by atomic mass is 32.1. The summed E-state index contributed by atoms with van der Waals surface area (Å²) in [5, 5.41) is 12.6. The molecule has 0 saturated carbocycles. The molecule has 2 aromatic rings. The summed E-state index contributed by atoms with van der Waals surface area (Å²) in [6.07, 6.45) is 0. The predicted molar refractivity (Wildman–Crippen MR) is 70.2 cm³/mol. The first-order valence-electron chi connectivity index (χ1n) is 5.51. The van der Waals surface area contributed by atoms with Crippen molar-refractivity contribution >= 4 is 22.4 Å². The third-order valence-electron chi connectivity index (χ3n) is 2.68. The molecule has 0 spiro atoms. The number of carbonyl (C=O) groups is 1. The van der Waals surface area contributed by atoms with Crippen LogP contribution in [0.25, 0.3) is 11.3 Å². The lowest BCUT2D eigenvalue weighted by Gasteiger charge is -2.01. The number of carboxylic acids is 1. The van der Waals surface area contributed by atoms with Gasteiger partial charge in [-0.05, 0) is 18.2 Å². The molecule has 0 fully saturated rings. The Labute approximate surface area is 112 Å². The van der Waals surface area contributed by atoms with Crippen molar-refractivity contribution in [2.75, 3.05) is 19.2 Å². The number of aromatic nitrogens is 1. The van der Waals surface area contributed by atoms with E-state index in [9.17, 15) is 9.90 Å². The standard InChI is InChI=1S/C12H10N2O4S/c1-13-12-14-9(10(19-12)11(15)16)6-2-3-7-8(4-6)18-5-17-7/h2-4H,5H2,1H3,(H,13,14)(H,15,16). The largest absolute Gasteiger partial charge is 0.477 e. The van der Waals surface area contributed by atoms with E-state index in [0.29, 0.717) is 27.9 Å². The first-order valence-corrected chi connectivity index (χ1v) is 6.32. The molecule has 98 valence electrons. The second-order valence-electron chi connectivity index (χ2n) is 3.82. The SMILES string of the molecule is CNc1nc(-c2ccc3c(c2)OCO3)c(C(=O)O)s1. The predicted octanol–water partition coefficient (Wildman–Crippen LogP) is 2.28. The van der Waals surface area contributed by atoms with Crippen molar-refractivity contribution in [1.82, 2.24) is 4.98 Å². The fourth-order valence-corrected chi connectivity index (χ4v) is 2.59. The Balaban J connectivity index is 2.10. The Morgan fingerprint density at radius 3 is 2.95 bits per heavy atom. The van der Waals surface area contributed by atoms with E-state index in [1.165, 1.54) is 0 Å².